The Labute approximate surface area is 346 Å². The number of ether oxygens (including phenoxy) is 4. The fourth-order valence-corrected chi connectivity index (χ4v) is 7.72. The first kappa shape index (κ1) is 53.4. The maximum Gasteiger partial charge on any atom is 0.306 e. The van der Waals surface area contributed by atoms with Crippen molar-refractivity contribution in [3.05, 3.63) is 12.2 Å². The molecule has 336 valence electrons. The number of aliphatic hydroxyl groups is 3. The lowest BCUT2D eigenvalue weighted by Gasteiger charge is -2.40. The molecule has 2 unspecified atom stereocenters. The van der Waals surface area contributed by atoms with Crippen LogP contribution in [0.5, 0.6) is 0 Å². The zero-order valence-electron chi connectivity index (χ0n) is 35.7. The van der Waals surface area contributed by atoms with E-state index in [4.69, 9.17) is 18.9 Å². The first-order valence-electron chi connectivity index (χ1n) is 22.7. The molecule has 1 heterocycles. The molecule has 0 aromatic carbocycles. The Hall–Kier alpha value is -1.61. The maximum absolute atomic E-state index is 12.8. The van der Waals surface area contributed by atoms with Gasteiger partial charge in [-0.3, -0.25) is 14.1 Å². The topological polar surface area (TPSA) is 186 Å². The Kier molecular flexibility index (Phi) is 33.0. The molecule has 1 aliphatic rings. The van der Waals surface area contributed by atoms with Gasteiger partial charge in [-0.2, -0.15) is 8.42 Å². The Morgan fingerprint density at radius 3 is 1.46 bits per heavy atom. The van der Waals surface area contributed by atoms with E-state index in [9.17, 15) is 37.9 Å². The van der Waals surface area contributed by atoms with Crippen LogP contribution in [0.25, 0.3) is 0 Å². The Morgan fingerprint density at radius 2 is 1.00 bits per heavy atom. The third-order valence-corrected chi connectivity index (χ3v) is 11.3. The largest absolute Gasteiger partial charge is 0.462 e. The smallest absolute Gasteiger partial charge is 0.306 e. The number of hydrogen-bond acceptors (Lipinski definition) is 11. The minimum Gasteiger partial charge on any atom is -0.462 e. The molecule has 0 aliphatic carbocycles. The number of carbonyl (C=O) groups is 2. The fourth-order valence-electron chi connectivity index (χ4n) is 7.02. The van der Waals surface area contributed by atoms with Crippen molar-refractivity contribution in [2.75, 3.05) is 19.0 Å². The number of unbranched alkanes of at least 4 members (excludes halogenated alkanes) is 24. The Bertz CT molecular complexity index is 1120. The van der Waals surface area contributed by atoms with Gasteiger partial charge < -0.3 is 34.3 Å². The van der Waals surface area contributed by atoms with E-state index < -0.39 is 71.2 Å². The van der Waals surface area contributed by atoms with E-state index in [-0.39, 0.29) is 19.4 Å². The number of hydrogen-bond donors (Lipinski definition) is 4. The molecule has 0 bridgehead atoms. The molecule has 57 heavy (non-hydrogen) atoms. The van der Waals surface area contributed by atoms with Gasteiger partial charge in [0.05, 0.1) is 6.61 Å². The number of carbonyl (C=O) groups excluding carboxylic acids is 2. The summed E-state index contributed by atoms with van der Waals surface area (Å²) in [5.74, 6) is -1.98. The predicted molar refractivity (Wildman–Crippen MR) is 224 cm³/mol. The molecule has 0 spiro atoms. The maximum atomic E-state index is 12.8. The summed E-state index contributed by atoms with van der Waals surface area (Å²) < 4.78 is 54.0. The van der Waals surface area contributed by atoms with Crippen LogP contribution in [-0.2, 0) is 38.7 Å². The molecular formula is C44H82O12S. The summed E-state index contributed by atoms with van der Waals surface area (Å²) in [5, 5.41) is 30.9. The van der Waals surface area contributed by atoms with Gasteiger partial charge in [0, 0.05) is 12.8 Å². The van der Waals surface area contributed by atoms with Crippen molar-refractivity contribution in [3.63, 3.8) is 0 Å². The average molecular weight is 835 g/mol. The summed E-state index contributed by atoms with van der Waals surface area (Å²) in [6.45, 7) is 3.75. The van der Waals surface area contributed by atoms with Crippen molar-refractivity contribution in [2.45, 2.75) is 237 Å². The van der Waals surface area contributed by atoms with Crippen LogP contribution in [-0.4, -0.2) is 96.0 Å². The highest BCUT2D eigenvalue weighted by Gasteiger charge is 2.46. The summed E-state index contributed by atoms with van der Waals surface area (Å²) in [5.41, 5.74) is 0. The lowest BCUT2D eigenvalue weighted by Crippen LogP contribution is -2.60. The van der Waals surface area contributed by atoms with Gasteiger partial charge in [-0.05, 0) is 38.5 Å². The van der Waals surface area contributed by atoms with Crippen molar-refractivity contribution in [1.29, 1.82) is 0 Å². The van der Waals surface area contributed by atoms with Gasteiger partial charge in [-0.15, -0.1) is 0 Å². The summed E-state index contributed by atoms with van der Waals surface area (Å²) in [7, 11) is -4.60. The molecule has 13 heteroatoms. The van der Waals surface area contributed by atoms with Gasteiger partial charge in [-0.1, -0.05) is 161 Å². The predicted octanol–water partition coefficient (Wildman–Crippen LogP) is 9.06. The number of esters is 2. The minimum atomic E-state index is -4.60. The van der Waals surface area contributed by atoms with Gasteiger partial charge in [0.15, 0.2) is 12.4 Å². The van der Waals surface area contributed by atoms with E-state index >= 15 is 0 Å². The van der Waals surface area contributed by atoms with Crippen LogP contribution in [0, 0.1) is 0 Å². The van der Waals surface area contributed by atoms with Crippen molar-refractivity contribution >= 4 is 22.1 Å². The number of rotatable bonds is 38. The quantitative estimate of drug-likeness (QED) is 0.0200. The van der Waals surface area contributed by atoms with Crippen LogP contribution in [0.3, 0.4) is 0 Å². The molecule has 1 rings (SSSR count). The van der Waals surface area contributed by atoms with Gasteiger partial charge in [0.1, 0.15) is 36.8 Å². The first-order valence-corrected chi connectivity index (χ1v) is 24.4. The lowest BCUT2D eigenvalue weighted by atomic mass is 10.00. The molecule has 0 aromatic rings. The number of aliphatic hydroxyl groups excluding tert-OH is 3. The Balaban J connectivity index is 2.44. The van der Waals surface area contributed by atoms with Crippen LogP contribution in [0.4, 0.5) is 0 Å². The van der Waals surface area contributed by atoms with Gasteiger partial charge in [0.2, 0.25) is 0 Å². The second-order valence-corrected chi connectivity index (χ2v) is 17.6. The van der Waals surface area contributed by atoms with Crippen LogP contribution in [0.1, 0.15) is 200 Å². The molecule has 0 radical (unpaired) electrons. The molecular weight excluding hydrogens is 753 g/mol. The second-order valence-electron chi connectivity index (χ2n) is 16.1. The van der Waals surface area contributed by atoms with E-state index in [1.165, 1.54) is 103 Å². The Morgan fingerprint density at radius 1 is 0.579 bits per heavy atom. The number of allylic oxidation sites excluding steroid dienone is 2. The van der Waals surface area contributed by atoms with Crippen LogP contribution >= 0.6 is 0 Å². The normalized spacial score (nSPS) is 20.6. The molecule has 1 saturated heterocycles. The molecule has 6 atom stereocenters. The molecule has 1 aliphatic heterocycles. The SMILES string of the molecule is CCCCCCC/C=C/CCCCCCCC(=O)O[C@H](COC(=O)CCCCCCCCCCCCCCCCC)CO[C@H]1O[C@H](CS(=O)(=O)O)[C@@H](O)C(O)C1O. The highest BCUT2D eigenvalue weighted by atomic mass is 32.2. The summed E-state index contributed by atoms with van der Waals surface area (Å²) >= 11 is 0. The molecule has 1 fully saturated rings. The van der Waals surface area contributed by atoms with Gasteiger partial charge in [-0.25, -0.2) is 0 Å². The van der Waals surface area contributed by atoms with Crippen molar-refractivity contribution in [2.24, 2.45) is 0 Å². The summed E-state index contributed by atoms with van der Waals surface area (Å²) in [6, 6.07) is 0. The van der Waals surface area contributed by atoms with E-state index in [0.29, 0.717) is 12.8 Å². The molecule has 0 amide bonds. The van der Waals surface area contributed by atoms with Crippen LogP contribution < -0.4 is 0 Å². The first-order chi connectivity index (χ1) is 27.5. The molecule has 4 N–H and O–H groups in total. The van der Waals surface area contributed by atoms with Gasteiger partial charge in [0.25, 0.3) is 10.1 Å². The molecule has 0 aromatic heterocycles. The monoisotopic (exact) mass is 835 g/mol. The second kappa shape index (κ2) is 35.2. The van der Waals surface area contributed by atoms with Crippen molar-refractivity contribution < 1.29 is 56.8 Å². The third kappa shape index (κ3) is 30.1. The van der Waals surface area contributed by atoms with E-state index in [1.54, 1.807) is 0 Å². The highest BCUT2D eigenvalue weighted by molar-refractivity contribution is 7.85. The summed E-state index contributed by atoms with van der Waals surface area (Å²) in [4.78, 5) is 25.4. The zero-order chi connectivity index (χ0) is 42.0. The molecule has 12 nitrogen and oxygen atoms in total. The van der Waals surface area contributed by atoms with E-state index in [0.717, 1.165) is 57.8 Å². The van der Waals surface area contributed by atoms with E-state index in [2.05, 4.69) is 26.0 Å². The average Bonchev–Trinajstić information content (AvgIpc) is 3.17. The zero-order valence-corrected chi connectivity index (χ0v) is 36.5. The molecule has 0 saturated carbocycles. The van der Waals surface area contributed by atoms with Crippen LogP contribution in [0.2, 0.25) is 0 Å². The standard InChI is InChI=1S/C44H82O12S/c1-3-5-7-9-11-13-15-17-19-21-22-24-26-28-30-32-39(45)53-34-37(35-54-44-43(49)42(48)41(47)38(56-44)36-57(50,51)52)55-40(46)33-31-29-27-25-23-20-18-16-14-12-10-8-6-4-2/h16,18,37-38,41-44,47-49H,3-15,17,19-36H2,1-2H3,(H,50,51,52)/b18-16+/t37-,38-,41-,42?,43?,44+/m1/s1. The fraction of sp³-hybridized carbons (Fsp3) is 0.909. The third-order valence-electron chi connectivity index (χ3n) is 10.6. The van der Waals surface area contributed by atoms with Gasteiger partial charge >= 0.3 is 11.9 Å². The summed E-state index contributed by atoms with van der Waals surface area (Å²) in [6.07, 6.45) is 26.8. The van der Waals surface area contributed by atoms with Crippen molar-refractivity contribution in [1.82, 2.24) is 0 Å². The minimum absolute atomic E-state index is 0.158. The van der Waals surface area contributed by atoms with Crippen molar-refractivity contribution in [3.8, 4) is 0 Å². The lowest BCUT2D eigenvalue weighted by molar-refractivity contribution is -0.297. The van der Waals surface area contributed by atoms with Crippen LogP contribution in [0.15, 0.2) is 12.2 Å². The highest BCUT2D eigenvalue weighted by Crippen LogP contribution is 2.24. The van der Waals surface area contributed by atoms with E-state index in [1.807, 2.05) is 0 Å².